The predicted octanol–water partition coefficient (Wildman–Crippen LogP) is 3.48. The molecular weight excluding hydrogens is 500 g/mol. The molecule has 2 aromatic rings. The van der Waals surface area contributed by atoms with Crippen LogP contribution in [0.1, 0.15) is 17.5 Å². The first-order valence-electron chi connectivity index (χ1n) is 10.1. The number of benzene rings is 2. The maximum Gasteiger partial charge on any atom is 0.326 e. The number of ether oxygens (including phenoxy) is 1. The zero-order chi connectivity index (χ0) is 24.4. The van der Waals surface area contributed by atoms with E-state index < -0.39 is 23.8 Å². The van der Waals surface area contributed by atoms with Gasteiger partial charge in [-0.15, -0.1) is 0 Å². The number of hydrogen-bond acceptors (Lipinski definition) is 7. The normalized spacial score (nSPS) is 17.4. The molecule has 0 spiro atoms. The Kier molecular flexibility index (Phi) is 7.01. The van der Waals surface area contributed by atoms with E-state index >= 15 is 0 Å². The van der Waals surface area contributed by atoms with Gasteiger partial charge in [-0.05, 0) is 23.8 Å². The summed E-state index contributed by atoms with van der Waals surface area (Å²) in [6.45, 7) is -0.406. The summed E-state index contributed by atoms with van der Waals surface area (Å²) in [5.41, 5.74) is 1.69. The molecule has 4 rings (SSSR count). The zero-order valence-corrected chi connectivity index (χ0v) is 19.9. The summed E-state index contributed by atoms with van der Waals surface area (Å²) < 4.78 is 5.47. The van der Waals surface area contributed by atoms with E-state index in [1.807, 2.05) is 30.3 Å². The number of carbonyl (C=O) groups is 4. The fourth-order valence-electron chi connectivity index (χ4n) is 3.54. The van der Waals surface area contributed by atoms with E-state index in [0.717, 1.165) is 22.2 Å². The topological polar surface area (TPSA) is 104 Å². The molecule has 2 amide bonds. The van der Waals surface area contributed by atoms with Gasteiger partial charge < -0.3 is 9.84 Å². The second-order valence-corrected chi connectivity index (χ2v) is 9.45. The number of anilines is 1. The number of esters is 1. The van der Waals surface area contributed by atoms with E-state index in [1.165, 1.54) is 4.90 Å². The molecule has 0 radical (unpaired) electrons. The monoisotopic (exact) mass is 516 g/mol. The molecule has 0 unspecified atom stereocenters. The lowest BCUT2D eigenvalue weighted by Crippen LogP contribution is -2.34. The van der Waals surface area contributed by atoms with Gasteiger partial charge in [-0.3, -0.25) is 29.0 Å². The highest BCUT2D eigenvalue weighted by atomic mass is 35.5. The molecule has 0 saturated carbocycles. The van der Waals surface area contributed by atoms with E-state index in [0.29, 0.717) is 16.3 Å². The number of hydrogen-bond donors (Lipinski definition) is 1. The van der Waals surface area contributed by atoms with Crippen LogP contribution in [0.2, 0.25) is 5.02 Å². The molecule has 174 valence electrons. The first kappa shape index (κ1) is 23.9. The number of fused-ring (bicyclic) bond motifs is 1. The molecule has 0 aliphatic carbocycles. The molecule has 1 fully saturated rings. The minimum atomic E-state index is -1.07. The minimum absolute atomic E-state index is 0.0598. The van der Waals surface area contributed by atoms with Gasteiger partial charge >= 0.3 is 11.9 Å². The van der Waals surface area contributed by atoms with Crippen molar-refractivity contribution in [1.82, 2.24) is 4.90 Å². The first-order valence-corrected chi connectivity index (χ1v) is 11.7. The van der Waals surface area contributed by atoms with Gasteiger partial charge in [-0.2, -0.15) is 0 Å². The van der Waals surface area contributed by atoms with Crippen molar-refractivity contribution in [1.29, 1.82) is 0 Å². The molecule has 2 aliphatic heterocycles. The van der Waals surface area contributed by atoms with Crippen LogP contribution in [-0.4, -0.2) is 51.2 Å². The van der Waals surface area contributed by atoms with Crippen molar-refractivity contribution in [2.45, 2.75) is 13.0 Å². The third-order valence-corrected chi connectivity index (χ3v) is 6.82. The van der Waals surface area contributed by atoms with Crippen LogP contribution in [0.3, 0.4) is 0 Å². The van der Waals surface area contributed by atoms with Gasteiger partial charge in [0.05, 0.1) is 22.6 Å². The average Bonchev–Trinajstić information content (AvgIpc) is 3.23. The summed E-state index contributed by atoms with van der Waals surface area (Å²) in [7, 11) is 0. The van der Waals surface area contributed by atoms with Crippen molar-refractivity contribution in [2.24, 2.45) is 0 Å². The summed E-state index contributed by atoms with van der Waals surface area (Å²) in [6.07, 6.45) is -0.287. The number of carbonyl (C=O) groups excluding carboxylic acids is 3. The molecule has 0 bridgehead atoms. The maximum atomic E-state index is 13.4. The number of rotatable bonds is 7. The van der Waals surface area contributed by atoms with Crippen molar-refractivity contribution in [3.8, 4) is 0 Å². The minimum Gasteiger partial charge on any atom is -0.481 e. The molecule has 11 heteroatoms. The molecular formula is C23H17ClN2O6S2. The zero-order valence-electron chi connectivity index (χ0n) is 17.5. The van der Waals surface area contributed by atoms with E-state index in [9.17, 15) is 19.2 Å². The predicted molar refractivity (Wildman–Crippen MR) is 131 cm³/mol. The number of amides is 2. The second kappa shape index (κ2) is 9.96. The number of nitrogens with zero attached hydrogens (tertiary/aromatic N) is 2. The Morgan fingerprint density at radius 3 is 2.50 bits per heavy atom. The largest absolute Gasteiger partial charge is 0.481 e. The summed E-state index contributed by atoms with van der Waals surface area (Å²) in [5.74, 6) is -2.81. The van der Waals surface area contributed by atoms with Crippen LogP contribution in [0, 0.1) is 0 Å². The lowest BCUT2D eigenvalue weighted by molar-refractivity contribution is -0.144. The van der Waals surface area contributed by atoms with Gasteiger partial charge in [0.2, 0.25) is 0 Å². The fourth-order valence-corrected chi connectivity index (χ4v) is 5.09. The Bertz CT molecular complexity index is 1250. The standard InChI is InChI=1S/C23H17ClN2O6S2/c24-14-6-7-16-15(10-14)19(20-22(31)25(23(33)34-20)9-8-17(27)28)21(30)26(16)11-18(29)32-12-13-4-2-1-3-5-13/h1-7,10H,8-9,11-12H2,(H,27,28)/b20-19-. The smallest absolute Gasteiger partial charge is 0.326 e. The third kappa shape index (κ3) is 4.84. The van der Waals surface area contributed by atoms with Crippen LogP contribution in [0.25, 0.3) is 5.57 Å². The van der Waals surface area contributed by atoms with E-state index in [2.05, 4.69) is 0 Å². The number of halogens is 1. The van der Waals surface area contributed by atoms with Crippen LogP contribution in [0.5, 0.6) is 0 Å². The highest BCUT2D eigenvalue weighted by Gasteiger charge is 2.42. The average molecular weight is 517 g/mol. The van der Waals surface area contributed by atoms with Crippen molar-refractivity contribution in [3.63, 3.8) is 0 Å². The van der Waals surface area contributed by atoms with Crippen LogP contribution < -0.4 is 4.90 Å². The Morgan fingerprint density at radius 1 is 1.06 bits per heavy atom. The number of thioether (sulfide) groups is 1. The lowest BCUT2D eigenvalue weighted by atomic mass is 10.1. The van der Waals surface area contributed by atoms with Crippen LogP contribution in [0.15, 0.2) is 53.4 Å². The van der Waals surface area contributed by atoms with Crippen molar-refractivity contribution >= 4 is 74.9 Å². The second-order valence-electron chi connectivity index (χ2n) is 7.37. The van der Waals surface area contributed by atoms with E-state index in [-0.39, 0.29) is 40.9 Å². The first-order chi connectivity index (χ1) is 16.3. The van der Waals surface area contributed by atoms with Gasteiger partial charge in [-0.25, -0.2) is 0 Å². The van der Waals surface area contributed by atoms with Crippen LogP contribution in [0.4, 0.5) is 5.69 Å². The van der Waals surface area contributed by atoms with Crippen LogP contribution >= 0.6 is 35.6 Å². The Morgan fingerprint density at radius 2 is 1.79 bits per heavy atom. The summed E-state index contributed by atoms with van der Waals surface area (Å²) in [4.78, 5) is 52.3. The molecule has 2 heterocycles. The highest BCUT2D eigenvalue weighted by molar-refractivity contribution is 8.26. The van der Waals surface area contributed by atoms with Gasteiger partial charge in [0.15, 0.2) is 0 Å². The summed E-state index contributed by atoms with van der Waals surface area (Å²) in [5, 5.41) is 9.29. The third-order valence-electron chi connectivity index (χ3n) is 5.13. The van der Waals surface area contributed by atoms with Gasteiger partial charge in [-0.1, -0.05) is 65.9 Å². The van der Waals surface area contributed by atoms with Crippen LogP contribution in [-0.2, 0) is 30.5 Å². The molecule has 1 saturated heterocycles. The lowest BCUT2D eigenvalue weighted by Gasteiger charge is -2.16. The Labute approximate surface area is 209 Å². The van der Waals surface area contributed by atoms with Crippen molar-refractivity contribution in [3.05, 3.63) is 69.6 Å². The van der Waals surface area contributed by atoms with Crippen molar-refractivity contribution < 1.29 is 29.0 Å². The Hall–Kier alpha value is -3.21. The maximum absolute atomic E-state index is 13.4. The van der Waals surface area contributed by atoms with Gasteiger partial charge in [0, 0.05) is 17.1 Å². The molecule has 8 nitrogen and oxygen atoms in total. The summed E-state index contributed by atoms with van der Waals surface area (Å²) >= 11 is 12.3. The molecule has 2 aromatic carbocycles. The van der Waals surface area contributed by atoms with E-state index in [4.69, 9.17) is 33.7 Å². The Balaban J connectivity index is 1.61. The molecule has 34 heavy (non-hydrogen) atoms. The van der Waals surface area contributed by atoms with Gasteiger partial charge in [0.25, 0.3) is 11.8 Å². The quantitative estimate of drug-likeness (QED) is 0.339. The van der Waals surface area contributed by atoms with E-state index in [1.54, 1.807) is 18.2 Å². The molecule has 0 atom stereocenters. The van der Waals surface area contributed by atoms with Gasteiger partial charge in [0.1, 0.15) is 17.5 Å². The number of thiocarbonyl (C=S) groups is 1. The summed E-state index contributed by atoms with van der Waals surface area (Å²) in [6, 6.07) is 13.9. The number of carboxylic acid groups (broad SMARTS) is 1. The molecule has 2 aliphatic rings. The molecule has 1 N–H and O–H groups in total. The highest BCUT2D eigenvalue weighted by Crippen LogP contribution is 2.45. The number of carboxylic acids is 1. The fraction of sp³-hybridized carbons (Fsp3) is 0.174. The van der Waals surface area contributed by atoms with Crippen molar-refractivity contribution in [2.75, 3.05) is 18.0 Å². The molecule has 0 aromatic heterocycles. The number of aliphatic carboxylic acids is 1. The SMILES string of the molecule is O=C(O)CCN1C(=O)/C(=C2/C(=O)N(CC(=O)OCc3ccccc3)c3ccc(Cl)cc32)SC1=S.